The average Bonchev–Trinajstić information content (AvgIpc) is 3.47. The van der Waals surface area contributed by atoms with Gasteiger partial charge in [0, 0.05) is 12.8 Å². The minimum atomic E-state index is -0.832. The van der Waals surface area contributed by atoms with Gasteiger partial charge in [0.1, 0.15) is 13.2 Å². The van der Waals surface area contributed by atoms with Gasteiger partial charge >= 0.3 is 17.9 Å². The second-order valence-corrected chi connectivity index (χ2v) is 21.6. The van der Waals surface area contributed by atoms with Crippen molar-refractivity contribution in [2.24, 2.45) is 0 Å². The topological polar surface area (TPSA) is 78.9 Å². The second kappa shape index (κ2) is 68.5. The molecule has 6 heteroatoms. The molecule has 0 radical (unpaired) electrons. The Morgan fingerprint density at radius 3 is 0.854 bits per heavy atom. The molecule has 0 bridgehead atoms. The number of hydrogen-bond donors (Lipinski definition) is 0. The van der Waals surface area contributed by atoms with Crippen molar-refractivity contribution >= 4 is 17.9 Å². The first-order valence-corrected chi connectivity index (χ1v) is 33.5. The molecule has 0 saturated carbocycles. The van der Waals surface area contributed by atoms with E-state index in [-0.39, 0.29) is 38.0 Å². The van der Waals surface area contributed by atoms with Crippen molar-refractivity contribution in [2.45, 2.75) is 290 Å². The van der Waals surface area contributed by atoms with Crippen LogP contribution in [0.2, 0.25) is 0 Å². The largest absolute Gasteiger partial charge is 0.462 e. The van der Waals surface area contributed by atoms with Crippen LogP contribution in [0.3, 0.4) is 0 Å². The SMILES string of the molecule is CC/C=C\C/C=C\C/C=C\C/C=C\C/C=C\C/C=C\CCCCCCCCCCCCCCCCC(=O)OCC(COC(=O)C/C=C\C/C=C\C/C=C\C/C=C\C/C=C\CC)OC(=O)CCCCCCC/C=C\C/C=C\CCCCCC. The van der Waals surface area contributed by atoms with Crippen molar-refractivity contribution in [3.05, 3.63) is 158 Å². The van der Waals surface area contributed by atoms with Crippen LogP contribution in [0, 0.1) is 0 Å². The summed E-state index contributed by atoms with van der Waals surface area (Å²) in [5.41, 5.74) is 0. The van der Waals surface area contributed by atoms with E-state index in [1.54, 1.807) is 6.08 Å². The van der Waals surface area contributed by atoms with Gasteiger partial charge in [-0.25, -0.2) is 0 Å². The fourth-order valence-electron chi connectivity index (χ4n) is 8.84. The van der Waals surface area contributed by atoms with Crippen LogP contribution in [-0.4, -0.2) is 37.2 Å². The van der Waals surface area contributed by atoms with E-state index in [0.29, 0.717) is 6.42 Å². The van der Waals surface area contributed by atoms with Crippen LogP contribution in [0.15, 0.2) is 158 Å². The Hall–Kier alpha value is -4.97. The molecule has 0 aliphatic carbocycles. The lowest BCUT2D eigenvalue weighted by molar-refractivity contribution is -0.166. The summed E-state index contributed by atoms with van der Waals surface area (Å²) in [6.07, 6.45) is 100. The van der Waals surface area contributed by atoms with Crippen LogP contribution in [0.1, 0.15) is 284 Å². The van der Waals surface area contributed by atoms with E-state index >= 15 is 0 Å². The molecule has 0 rings (SSSR count). The smallest absolute Gasteiger partial charge is 0.309 e. The quantitative estimate of drug-likeness (QED) is 0.0261. The molecule has 0 saturated heterocycles. The molecule has 1 unspecified atom stereocenters. The molecular weight excluding hydrogens is 1010 g/mol. The monoisotopic (exact) mass is 1130 g/mol. The lowest BCUT2D eigenvalue weighted by Gasteiger charge is -2.18. The molecule has 0 heterocycles. The molecule has 0 aliphatic rings. The van der Waals surface area contributed by atoms with Crippen molar-refractivity contribution in [1.82, 2.24) is 0 Å². The van der Waals surface area contributed by atoms with Crippen LogP contribution >= 0.6 is 0 Å². The number of rotatable bonds is 59. The van der Waals surface area contributed by atoms with Gasteiger partial charge in [-0.1, -0.05) is 294 Å². The van der Waals surface area contributed by atoms with E-state index in [1.807, 2.05) is 6.08 Å². The highest BCUT2D eigenvalue weighted by atomic mass is 16.6. The van der Waals surface area contributed by atoms with Crippen LogP contribution in [0.25, 0.3) is 0 Å². The standard InChI is InChI=1S/C76H122O6/c1-4-7-10-13-16-19-22-25-28-30-31-32-33-34-35-36-37-38-39-40-41-42-43-44-45-46-49-51-54-57-60-63-66-69-75(78)81-72-73(71-80-74(77)68-65-62-59-56-53-50-47-27-24-21-18-15-12-9-6-3)82-76(79)70-67-64-61-58-55-52-48-29-26-23-20-17-14-11-8-5-2/h7,9-10,12,16,18-21,23,25,27-29,31-32,34-35,37-38,47-48,53,56,62,65,73H,4-6,8,11,13-15,17,22,24,26,30,33,36,39-46,49-52,54-55,57-61,63-64,66-72H2,1-3H3/b10-7-,12-9-,19-16-,21-18-,23-20-,28-25-,32-31-,35-34-,38-37-,47-27-,48-29-,56-53-,65-62-. The molecule has 6 nitrogen and oxygen atoms in total. The van der Waals surface area contributed by atoms with Crippen LogP contribution < -0.4 is 0 Å². The third-order valence-corrected chi connectivity index (χ3v) is 13.8. The predicted molar refractivity (Wildman–Crippen MR) is 357 cm³/mol. The van der Waals surface area contributed by atoms with Gasteiger partial charge in [-0.3, -0.25) is 14.4 Å². The highest BCUT2D eigenvalue weighted by Gasteiger charge is 2.19. The van der Waals surface area contributed by atoms with Gasteiger partial charge in [-0.2, -0.15) is 0 Å². The van der Waals surface area contributed by atoms with Gasteiger partial charge in [0.05, 0.1) is 6.42 Å². The van der Waals surface area contributed by atoms with E-state index in [1.165, 1.54) is 109 Å². The highest BCUT2D eigenvalue weighted by Crippen LogP contribution is 2.16. The minimum absolute atomic E-state index is 0.118. The maximum atomic E-state index is 12.9. The molecule has 0 fully saturated rings. The fourth-order valence-corrected chi connectivity index (χ4v) is 8.84. The van der Waals surface area contributed by atoms with E-state index in [9.17, 15) is 14.4 Å². The highest BCUT2D eigenvalue weighted by molar-refractivity contribution is 5.72. The van der Waals surface area contributed by atoms with E-state index < -0.39 is 12.1 Å². The summed E-state index contributed by atoms with van der Waals surface area (Å²) in [6.45, 7) is 6.30. The van der Waals surface area contributed by atoms with Gasteiger partial charge in [0.15, 0.2) is 6.10 Å². The Labute approximate surface area is 505 Å². The summed E-state index contributed by atoms with van der Waals surface area (Å²) in [7, 11) is 0. The first-order valence-electron chi connectivity index (χ1n) is 33.5. The van der Waals surface area contributed by atoms with Gasteiger partial charge in [0.2, 0.25) is 0 Å². The Morgan fingerprint density at radius 2 is 0.524 bits per heavy atom. The molecular formula is C76H122O6. The van der Waals surface area contributed by atoms with Gasteiger partial charge in [-0.15, -0.1) is 0 Å². The van der Waals surface area contributed by atoms with E-state index in [0.717, 1.165) is 135 Å². The molecule has 0 aliphatic heterocycles. The third-order valence-electron chi connectivity index (χ3n) is 13.8. The Morgan fingerprint density at radius 1 is 0.268 bits per heavy atom. The van der Waals surface area contributed by atoms with Gasteiger partial charge in [0.25, 0.3) is 0 Å². The number of allylic oxidation sites excluding steroid dienone is 25. The summed E-state index contributed by atoms with van der Waals surface area (Å²) in [5, 5.41) is 0. The number of hydrogen-bond acceptors (Lipinski definition) is 6. The number of carbonyl (C=O) groups excluding carboxylic acids is 3. The first kappa shape index (κ1) is 77.0. The zero-order chi connectivity index (χ0) is 59.2. The number of ether oxygens (including phenoxy) is 3. The molecule has 1 atom stereocenters. The fraction of sp³-hybridized carbons (Fsp3) is 0.618. The maximum absolute atomic E-state index is 12.9. The summed E-state index contributed by atoms with van der Waals surface area (Å²) in [4.78, 5) is 38.3. The molecule has 0 amide bonds. The summed E-state index contributed by atoms with van der Waals surface area (Å²) in [5.74, 6) is -1.07. The van der Waals surface area contributed by atoms with Crippen molar-refractivity contribution in [3.63, 3.8) is 0 Å². The molecule has 0 spiro atoms. The summed E-state index contributed by atoms with van der Waals surface area (Å²) >= 11 is 0. The Balaban J connectivity index is 4.31. The lowest BCUT2D eigenvalue weighted by Crippen LogP contribution is -2.30. The molecule has 82 heavy (non-hydrogen) atoms. The molecule has 0 aromatic carbocycles. The van der Waals surface area contributed by atoms with Crippen molar-refractivity contribution in [3.8, 4) is 0 Å². The summed E-state index contributed by atoms with van der Waals surface area (Å²) in [6, 6.07) is 0. The maximum Gasteiger partial charge on any atom is 0.309 e. The third kappa shape index (κ3) is 65.8. The van der Waals surface area contributed by atoms with Crippen molar-refractivity contribution in [1.29, 1.82) is 0 Å². The number of unbranched alkanes of at least 4 members (excludes halogenated alkanes) is 23. The lowest BCUT2D eigenvalue weighted by atomic mass is 10.0. The van der Waals surface area contributed by atoms with Gasteiger partial charge in [-0.05, 0) is 128 Å². The minimum Gasteiger partial charge on any atom is -0.462 e. The molecule has 0 aromatic rings. The van der Waals surface area contributed by atoms with Crippen molar-refractivity contribution in [2.75, 3.05) is 13.2 Å². The van der Waals surface area contributed by atoms with E-state index in [2.05, 4.69) is 167 Å². The van der Waals surface area contributed by atoms with Crippen molar-refractivity contribution < 1.29 is 28.6 Å². The predicted octanol–water partition coefficient (Wildman–Crippen LogP) is 23.3. The van der Waals surface area contributed by atoms with E-state index in [4.69, 9.17) is 14.2 Å². The second-order valence-electron chi connectivity index (χ2n) is 21.6. The zero-order valence-corrected chi connectivity index (χ0v) is 52.9. The normalized spacial score (nSPS) is 13.2. The Kier molecular flexibility index (Phi) is 64.4. The van der Waals surface area contributed by atoms with Crippen LogP contribution in [0.5, 0.6) is 0 Å². The molecule has 0 aromatic heterocycles. The summed E-state index contributed by atoms with van der Waals surface area (Å²) < 4.78 is 16.8. The number of carbonyl (C=O) groups is 3. The molecule has 462 valence electrons. The first-order chi connectivity index (χ1) is 40.5. The van der Waals surface area contributed by atoms with Crippen LogP contribution in [0.4, 0.5) is 0 Å². The average molecular weight is 1130 g/mol. The Bertz CT molecular complexity index is 1830. The van der Waals surface area contributed by atoms with Crippen LogP contribution in [-0.2, 0) is 28.6 Å². The van der Waals surface area contributed by atoms with Gasteiger partial charge < -0.3 is 14.2 Å². The number of esters is 3. The zero-order valence-electron chi connectivity index (χ0n) is 52.9. The molecule has 0 N–H and O–H groups in total.